The molecular weight excluding hydrogens is 307 g/mol. The van der Waals surface area contributed by atoms with Gasteiger partial charge in [0.2, 0.25) is 0 Å². The first-order valence-electron chi connectivity index (χ1n) is 6.27. The predicted octanol–water partition coefficient (Wildman–Crippen LogP) is 2.15. The van der Waals surface area contributed by atoms with Crippen molar-refractivity contribution in [1.82, 2.24) is 10.2 Å². The van der Waals surface area contributed by atoms with E-state index in [0.717, 1.165) is 45.3 Å². The number of hydrogen-bond donors (Lipinski definition) is 1. The van der Waals surface area contributed by atoms with Crippen molar-refractivity contribution in [2.75, 3.05) is 51.2 Å². The maximum atomic E-state index is 13.6. The van der Waals surface area contributed by atoms with E-state index in [1.165, 1.54) is 12.1 Å². The van der Waals surface area contributed by atoms with Gasteiger partial charge in [-0.05, 0) is 19.2 Å². The second-order valence-corrected chi connectivity index (χ2v) is 4.53. The molecule has 1 aliphatic rings. The molecule has 0 aliphatic carbocycles. The number of rotatable bonds is 4. The van der Waals surface area contributed by atoms with E-state index >= 15 is 0 Å². The van der Waals surface area contributed by atoms with E-state index in [2.05, 4.69) is 10.2 Å². The number of piperazine rings is 1. The summed E-state index contributed by atoms with van der Waals surface area (Å²) in [5, 5.41) is 3.12. The maximum Gasteiger partial charge on any atom is 0.149 e. The zero-order chi connectivity index (χ0) is 13.0. The van der Waals surface area contributed by atoms with Crippen LogP contribution in [0.1, 0.15) is 0 Å². The molecule has 7 heteroatoms. The fourth-order valence-corrected chi connectivity index (χ4v) is 2.22. The van der Waals surface area contributed by atoms with Crippen LogP contribution in [0.2, 0.25) is 0 Å². The van der Waals surface area contributed by atoms with Crippen LogP contribution in [0, 0.1) is 11.6 Å². The van der Waals surface area contributed by atoms with Crippen molar-refractivity contribution in [3.05, 3.63) is 29.8 Å². The largest absolute Gasteiger partial charge is 0.367 e. The van der Waals surface area contributed by atoms with Crippen LogP contribution in [0.15, 0.2) is 18.2 Å². The molecule has 0 aromatic heterocycles. The lowest BCUT2D eigenvalue weighted by atomic mass is 10.2. The normalized spacial score (nSPS) is 15.4. The third kappa shape index (κ3) is 5.05. The van der Waals surface area contributed by atoms with Crippen molar-refractivity contribution in [3.63, 3.8) is 0 Å². The monoisotopic (exact) mass is 327 g/mol. The summed E-state index contributed by atoms with van der Waals surface area (Å²) >= 11 is 0. The molecule has 0 radical (unpaired) electrons. The molecular formula is C13H21Cl2F2N3. The Morgan fingerprint density at radius 2 is 1.75 bits per heavy atom. The van der Waals surface area contributed by atoms with Crippen molar-refractivity contribution in [2.24, 2.45) is 0 Å². The first-order valence-corrected chi connectivity index (χ1v) is 6.27. The third-order valence-electron chi connectivity index (χ3n) is 3.30. The fraction of sp³-hybridized carbons (Fsp3) is 0.538. The van der Waals surface area contributed by atoms with Crippen LogP contribution >= 0.6 is 24.8 Å². The molecule has 1 N–H and O–H groups in total. The lowest BCUT2D eigenvalue weighted by Crippen LogP contribution is -2.48. The molecule has 1 heterocycles. The van der Waals surface area contributed by atoms with Crippen molar-refractivity contribution in [1.29, 1.82) is 0 Å². The van der Waals surface area contributed by atoms with Crippen LogP contribution in [-0.4, -0.2) is 51.2 Å². The van der Waals surface area contributed by atoms with E-state index in [1.54, 1.807) is 0 Å². The average Bonchev–Trinajstić information content (AvgIpc) is 2.37. The second kappa shape index (κ2) is 9.34. The van der Waals surface area contributed by atoms with E-state index in [0.29, 0.717) is 5.69 Å². The van der Waals surface area contributed by atoms with Gasteiger partial charge in [-0.2, -0.15) is 0 Å². The minimum absolute atomic E-state index is 0. The molecule has 0 bridgehead atoms. The summed E-state index contributed by atoms with van der Waals surface area (Å²) in [6.07, 6.45) is 0. The van der Waals surface area contributed by atoms with Gasteiger partial charge >= 0.3 is 0 Å². The van der Waals surface area contributed by atoms with Crippen LogP contribution in [0.3, 0.4) is 0 Å². The van der Waals surface area contributed by atoms with Gasteiger partial charge in [-0.1, -0.05) is 0 Å². The standard InChI is InChI=1S/C13H19F2N3.2ClH/c1-16-4-5-17-6-8-18(9-7-17)13-3-2-11(14)10-12(13)15;;/h2-3,10,16H,4-9H2,1H3;2*1H. The van der Waals surface area contributed by atoms with Crippen molar-refractivity contribution in [2.45, 2.75) is 0 Å². The summed E-state index contributed by atoms with van der Waals surface area (Å²) in [6, 6.07) is 3.78. The molecule has 0 amide bonds. The van der Waals surface area contributed by atoms with Gasteiger partial charge in [0.25, 0.3) is 0 Å². The van der Waals surface area contributed by atoms with Gasteiger partial charge in [0.15, 0.2) is 0 Å². The van der Waals surface area contributed by atoms with Gasteiger partial charge in [-0.15, -0.1) is 24.8 Å². The Morgan fingerprint density at radius 3 is 2.30 bits per heavy atom. The average molecular weight is 328 g/mol. The van der Waals surface area contributed by atoms with Gasteiger partial charge in [0.1, 0.15) is 11.6 Å². The summed E-state index contributed by atoms with van der Waals surface area (Å²) in [6.45, 7) is 5.37. The molecule has 3 nitrogen and oxygen atoms in total. The lowest BCUT2D eigenvalue weighted by Gasteiger charge is -2.36. The molecule has 0 spiro atoms. The third-order valence-corrected chi connectivity index (χ3v) is 3.30. The molecule has 0 saturated carbocycles. The predicted molar refractivity (Wildman–Crippen MR) is 83.4 cm³/mol. The molecule has 116 valence electrons. The Labute approximate surface area is 131 Å². The summed E-state index contributed by atoms with van der Waals surface area (Å²) < 4.78 is 26.5. The smallest absolute Gasteiger partial charge is 0.149 e. The highest BCUT2D eigenvalue weighted by molar-refractivity contribution is 5.85. The van der Waals surface area contributed by atoms with Crippen LogP contribution in [-0.2, 0) is 0 Å². The van der Waals surface area contributed by atoms with Crippen LogP contribution in [0.5, 0.6) is 0 Å². The molecule has 1 aromatic rings. The Bertz CT molecular complexity index is 399. The van der Waals surface area contributed by atoms with Crippen molar-refractivity contribution >= 4 is 30.5 Å². The highest BCUT2D eigenvalue weighted by Gasteiger charge is 2.19. The molecule has 2 rings (SSSR count). The first-order chi connectivity index (χ1) is 8.70. The van der Waals surface area contributed by atoms with Gasteiger partial charge in [0, 0.05) is 45.3 Å². The van der Waals surface area contributed by atoms with Gasteiger partial charge in [-0.3, -0.25) is 4.90 Å². The number of hydrogen-bond acceptors (Lipinski definition) is 3. The summed E-state index contributed by atoms with van der Waals surface area (Å²) in [7, 11) is 1.93. The van der Waals surface area contributed by atoms with E-state index in [1.807, 2.05) is 11.9 Å². The number of likely N-dealkylation sites (N-methyl/N-ethyl adjacent to an activating group) is 1. The van der Waals surface area contributed by atoms with Gasteiger partial charge in [0.05, 0.1) is 5.69 Å². The number of nitrogens with zero attached hydrogens (tertiary/aromatic N) is 2. The zero-order valence-electron chi connectivity index (χ0n) is 11.4. The summed E-state index contributed by atoms with van der Waals surface area (Å²) in [5.74, 6) is -0.998. The Morgan fingerprint density at radius 1 is 1.10 bits per heavy atom. The van der Waals surface area contributed by atoms with Crippen LogP contribution in [0.4, 0.5) is 14.5 Å². The second-order valence-electron chi connectivity index (χ2n) is 4.53. The SMILES string of the molecule is CNCCN1CCN(c2ccc(F)cc2F)CC1.Cl.Cl. The van der Waals surface area contributed by atoms with Crippen molar-refractivity contribution < 1.29 is 8.78 Å². The molecule has 1 fully saturated rings. The topological polar surface area (TPSA) is 18.5 Å². The molecule has 0 unspecified atom stereocenters. The molecule has 1 aromatic carbocycles. The van der Waals surface area contributed by atoms with Crippen LogP contribution < -0.4 is 10.2 Å². The minimum Gasteiger partial charge on any atom is -0.367 e. The highest BCUT2D eigenvalue weighted by atomic mass is 35.5. The Kier molecular flexibility index (Phi) is 9.05. The van der Waals surface area contributed by atoms with Gasteiger partial charge < -0.3 is 10.2 Å². The minimum atomic E-state index is -0.524. The molecule has 20 heavy (non-hydrogen) atoms. The van der Waals surface area contributed by atoms with E-state index in [-0.39, 0.29) is 24.8 Å². The Hall–Kier alpha value is -0.620. The number of anilines is 1. The Balaban J connectivity index is 0.00000180. The molecule has 0 atom stereocenters. The van der Waals surface area contributed by atoms with Crippen LogP contribution in [0.25, 0.3) is 0 Å². The van der Waals surface area contributed by atoms with E-state index in [4.69, 9.17) is 0 Å². The number of benzene rings is 1. The lowest BCUT2D eigenvalue weighted by molar-refractivity contribution is 0.259. The maximum absolute atomic E-state index is 13.6. The number of halogens is 4. The van der Waals surface area contributed by atoms with E-state index in [9.17, 15) is 8.78 Å². The molecule has 1 aliphatic heterocycles. The zero-order valence-corrected chi connectivity index (χ0v) is 13.1. The number of nitrogens with one attached hydrogen (secondary N) is 1. The van der Waals surface area contributed by atoms with Crippen molar-refractivity contribution in [3.8, 4) is 0 Å². The van der Waals surface area contributed by atoms with Gasteiger partial charge in [-0.25, -0.2) is 8.78 Å². The highest BCUT2D eigenvalue weighted by Crippen LogP contribution is 2.21. The quantitative estimate of drug-likeness (QED) is 0.914. The molecule has 1 saturated heterocycles. The first kappa shape index (κ1) is 19.4. The van der Waals surface area contributed by atoms with E-state index < -0.39 is 11.6 Å². The summed E-state index contributed by atoms with van der Waals surface area (Å²) in [5.41, 5.74) is 0.504. The fourth-order valence-electron chi connectivity index (χ4n) is 2.22. The summed E-state index contributed by atoms with van der Waals surface area (Å²) in [4.78, 5) is 4.32.